The summed E-state index contributed by atoms with van der Waals surface area (Å²) in [6.45, 7) is 0. The smallest absolute Gasteiger partial charge is 0.175 e. The lowest BCUT2D eigenvalue weighted by molar-refractivity contribution is 0.458. The van der Waals surface area contributed by atoms with E-state index in [1.165, 1.54) is 12.1 Å². The highest BCUT2D eigenvalue weighted by Gasteiger charge is 2.09. The van der Waals surface area contributed by atoms with E-state index in [0.29, 0.717) is 20.4 Å². The van der Waals surface area contributed by atoms with Crippen LogP contribution in [0.5, 0.6) is 0 Å². The molecule has 0 spiro atoms. The Balaban J connectivity index is 2.93. The third-order valence-electron chi connectivity index (χ3n) is 1.52. The lowest BCUT2D eigenvalue weighted by atomic mass is 10.2. The maximum atomic E-state index is 12.8. The van der Waals surface area contributed by atoms with E-state index in [9.17, 15) is 4.39 Å². The minimum Gasteiger partial charge on any atom is -0.380 e. The second-order valence-corrected chi connectivity index (χ2v) is 3.49. The zero-order valence-electron chi connectivity index (χ0n) is 5.84. The number of rotatable bonds is 0. The van der Waals surface area contributed by atoms with Gasteiger partial charge in [-0.05, 0) is 28.7 Å². The van der Waals surface area contributed by atoms with Crippen molar-refractivity contribution in [3.8, 4) is 0 Å². The van der Waals surface area contributed by atoms with Crippen molar-refractivity contribution in [2.24, 2.45) is 0 Å². The summed E-state index contributed by atoms with van der Waals surface area (Å²) < 4.78 is 18.3. The van der Waals surface area contributed by atoms with E-state index in [2.05, 4.69) is 5.16 Å². The Kier molecular flexibility index (Phi) is 1.67. The Morgan fingerprint density at radius 1 is 1.50 bits per heavy atom. The first-order chi connectivity index (χ1) is 5.68. The maximum Gasteiger partial charge on any atom is 0.175 e. The number of nitrogens with two attached hydrogens (primary N) is 1. The molecule has 1 heterocycles. The molecule has 5 heteroatoms. The molecule has 62 valence electrons. The molecular weight excluding hydrogens is 274 g/mol. The van der Waals surface area contributed by atoms with Gasteiger partial charge in [-0.2, -0.15) is 0 Å². The fraction of sp³-hybridized carbons (Fsp3) is 0. The molecule has 0 saturated carbocycles. The lowest BCUT2D eigenvalue weighted by Gasteiger charge is -1.92. The van der Waals surface area contributed by atoms with Gasteiger partial charge in [-0.25, -0.2) is 4.39 Å². The first-order valence-corrected chi connectivity index (χ1v) is 4.26. The molecule has 0 atom stereocenters. The molecule has 0 bridgehead atoms. The fourth-order valence-corrected chi connectivity index (χ4v) is 1.85. The van der Waals surface area contributed by atoms with E-state index in [1.807, 2.05) is 22.6 Å². The van der Waals surface area contributed by atoms with Gasteiger partial charge in [-0.3, -0.25) is 0 Å². The molecule has 0 unspecified atom stereocenters. The van der Waals surface area contributed by atoms with Gasteiger partial charge in [0.05, 0.1) is 5.39 Å². The third-order valence-corrected chi connectivity index (χ3v) is 2.37. The van der Waals surface area contributed by atoms with Crippen LogP contribution in [0.25, 0.3) is 11.0 Å². The second-order valence-electron chi connectivity index (χ2n) is 2.33. The highest BCUT2D eigenvalue weighted by Crippen LogP contribution is 2.26. The van der Waals surface area contributed by atoms with Crippen molar-refractivity contribution < 1.29 is 8.91 Å². The number of halogens is 2. The van der Waals surface area contributed by atoms with Crippen LogP contribution in [0.1, 0.15) is 0 Å². The molecule has 0 aliphatic heterocycles. The minimum atomic E-state index is -0.344. The van der Waals surface area contributed by atoms with Crippen LogP contribution in [0, 0.1) is 9.39 Å². The Hall–Kier alpha value is -0.850. The van der Waals surface area contributed by atoms with Crippen LogP contribution in [0.15, 0.2) is 16.7 Å². The Bertz CT molecular complexity index is 440. The maximum absolute atomic E-state index is 12.8. The van der Waals surface area contributed by atoms with E-state index < -0.39 is 0 Å². The molecule has 0 radical (unpaired) electrons. The van der Waals surface area contributed by atoms with Gasteiger partial charge in [-0.15, -0.1) is 0 Å². The van der Waals surface area contributed by atoms with Gasteiger partial charge in [0.2, 0.25) is 0 Å². The van der Waals surface area contributed by atoms with Crippen LogP contribution >= 0.6 is 22.6 Å². The Morgan fingerprint density at radius 3 is 3.00 bits per heavy atom. The van der Waals surface area contributed by atoms with Crippen molar-refractivity contribution in [1.29, 1.82) is 0 Å². The van der Waals surface area contributed by atoms with E-state index in [-0.39, 0.29) is 5.82 Å². The Labute approximate surface area is 80.8 Å². The largest absolute Gasteiger partial charge is 0.380 e. The van der Waals surface area contributed by atoms with Gasteiger partial charge in [0.15, 0.2) is 11.4 Å². The van der Waals surface area contributed by atoms with Gasteiger partial charge in [0, 0.05) is 9.64 Å². The average Bonchev–Trinajstić information content (AvgIpc) is 2.31. The standard InChI is InChI=1S/C7H4FIN2O/c8-3-1-4(9)6-5(2-3)12-11-7(6)10/h1-2H,(H2,10,11). The van der Waals surface area contributed by atoms with Gasteiger partial charge < -0.3 is 10.3 Å². The first kappa shape index (κ1) is 7.78. The number of aromatic nitrogens is 1. The molecule has 0 amide bonds. The first-order valence-electron chi connectivity index (χ1n) is 3.18. The molecule has 12 heavy (non-hydrogen) atoms. The number of nitrogens with zero attached hydrogens (tertiary/aromatic N) is 1. The summed E-state index contributed by atoms with van der Waals surface area (Å²) in [6, 6.07) is 2.65. The highest BCUT2D eigenvalue weighted by molar-refractivity contribution is 14.1. The molecule has 1 aromatic carbocycles. The van der Waals surface area contributed by atoms with Crippen molar-refractivity contribution >= 4 is 39.4 Å². The van der Waals surface area contributed by atoms with Crippen LogP contribution < -0.4 is 5.73 Å². The van der Waals surface area contributed by atoms with E-state index in [4.69, 9.17) is 10.3 Å². The number of nitrogen functional groups attached to an aromatic ring is 1. The van der Waals surface area contributed by atoms with Crippen molar-refractivity contribution in [2.75, 3.05) is 5.73 Å². The molecule has 0 fully saturated rings. The summed E-state index contributed by atoms with van der Waals surface area (Å²) in [5.41, 5.74) is 5.88. The second kappa shape index (κ2) is 2.58. The van der Waals surface area contributed by atoms with Gasteiger partial charge in [0.25, 0.3) is 0 Å². The zero-order valence-corrected chi connectivity index (χ0v) is 8.00. The van der Waals surface area contributed by atoms with Crippen LogP contribution in [0.2, 0.25) is 0 Å². The monoisotopic (exact) mass is 278 g/mol. The fourth-order valence-electron chi connectivity index (χ4n) is 1.01. The van der Waals surface area contributed by atoms with Crippen LogP contribution in [-0.2, 0) is 0 Å². The molecule has 0 aliphatic rings. The summed E-state index contributed by atoms with van der Waals surface area (Å²) in [5, 5.41) is 4.21. The highest BCUT2D eigenvalue weighted by atomic mass is 127. The van der Waals surface area contributed by atoms with Gasteiger partial charge in [0.1, 0.15) is 5.82 Å². The molecule has 2 rings (SSSR count). The van der Waals surface area contributed by atoms with E-state index >= 15 is 0 Å². The summed E-state index contributed by atoms with van der Waals surface area (Å²) in [7, 11) is 0. The third kappa shape index (κ3) is 1.04. The van der Waals surface area contributed by atoms with E-state index in [1.54, 1.807) is 0 Å². The molecule has 0 aliphatic carbocycles. The SMILES string of the molecule is Nc1noc2cc(F)cc(I)c12. The number of benzene rings is 1. The molecule has 3 nitrogen and oxygen atoms in total. The molecule has 2 aromatic rings. The quantitative estimate of drug-likeness (QED) is 0.751. The average molecular weight is 278 g/mol. The van der Waals surface area contributed by atoms with Crippen molar-refractivity contribution in [2.45, 2.75) is 0 Å². The van der Waals surface area contributed by atoms with Crippen LogP contribution in [0.4, 0.5) is 10.2 Å². The summed E-state index contributed by atoms with van der Waals surface area (Å²) in [4.78, 5) is 0. The van der Waals surface area contributed by atoms with Crippen molar-refractivity contribution in [3.05, 3.63) is 21.5 Å². The summed E-state index contributed by atoms with van der Waals surface area (Å²) in [5.74, 6) is -0.0440. The normalized spacial score (nSPS) is 10.8. The summed E-state index contributed by atoms with van der Waals surface area (Å²) in [6.07, 6.45) is 0. The molecule has 0 saturated heterocycles. The number of fused-ring (bicyclic) bond motifs is 1. The number of anilines is 1. The number of hydrogen-bond donors (Lipinski definition) is 1. The van der Waals surface area contributed by atoms with Crippen molar-refractivity contribution in [1.82, 2.24) is 5.16 Å². The lowest BCUT2D eigenvalue weighted by Crippen LogP contribution is -1.86. The topological polar surface area (TPSA) is 52.0 Å². The zero-order chi connectivity index (χ0) is 8.72. The predicted octanol–water partition coefficient (Wildman–Crippen LogP) is 2.15. The predicted molar refractivity (Wildman–Crippen MR) is 51.1 cm³/mol. The van der Waals surface area contributed by atoms with Crippen molar-refractivity contribution in [3.63, 3.8) is 0 Å². The van der Waals surface area contributed by atoms with Gasteiger partial charge >= 0.3 is 0 Å². The summed E-state index contributed by atoms with van der Waals surface area (Å²) >= 11 is 1.99. The van der Waals surface area contributed by atoms with E-state index in [0.717, 1.165) is 0 Å². The molecule has 2 N–H and O–H groups in total. The minimum absolute atomic E-state index is 0.300. The van der Waals surface area contributed by atoms with Crippen LogP contribution in [-0.4, -0.2) is 5.16 Å². The molecule has 1 aromatic heterocycles. The van der Waals surface area contributed by atoms with Gasteiger partial charge in [-0.1, -0.05) is 5.16 Å². The van der Waals surface area contributed by atoms with Crippen LogP contribution in [0.3, 0.4) is 0 Å². The Morgan fingerprint density at radius 2 is 2.25 bits per heavy atom. The molecular formula is C7H4FIN2O. The number of hydrogen-bond acceptors (Lipinski definition) is 3.